The zero-order valence-electron chi connectivity index (χ0n) is 35.2. The number of nitrogens with zero attached hydrogens (tertiary/aromatic N) is 2. The van der Waals surface area contributed by atoms with Crippen LogP contribution in [0.1, 0.15) is 71.6 Å². The van der Waals surface area contributed by atoms with Gasteiger partial charge in [0.2, 0.25) is 23.6 Å². The van der Waals surface area contributed by atoms with E-state index in [4.69, 9.17) is 14.2 Å². The van der Waals surface area contributed by atoms with Crippen molar-refractivity contribution in [2.75, 3.05) is 26.2 Å². The van der Waals surface area contributed by atoms with E-state index in [1.165, 1.54) is 16.7 Å². The minimum absolute atomic E-state index is 0.0772. The van der Waals surface area contributed by atoms with E-state index < -0.39 is 66.1 Å². The van der Waals surface area contributed by atoms with Gasteiger partial charge in [-0.3, -0.25) is 19.2 Å². The molecule has 1 aliphatic heterocycles. The highest BCUT2D eigenvalue weighted by Crippen LogP contribution is 2.23. The Kier molecular flexibility index (Phi) is 16.9. The summed E-state index contributed by atoms with van der Waals surface area (Å²) in [7, 11) is 0. The standard InChI is InChI=1S/C45H59N5O9/c1-8-57-43(55)38(25-30(2)3)50-24-23-49(37(42(50)54)27-32-15-11-9-12-16-32)39(51)28-46-40(52)31(4)47-41(53)36(48-44(56)59-45(5,6)7)26-33-19-21-35(22-20-33)58-29-34-17-13-10-14-18-34/h9-22,30-31,36-38H,8,23-29H2,1-7H3,(H,46,52)(H,47,53)(H,48,56)/t31-,36+,37+,38-/m1/s1. The largest absolute Gasteiger partial charge is 0.489 e. The molecule has 1 aliphatic rings. The van der Waals surface area contributed by atoms with Gasteiger partial charge in [-0.1, -0.05) is 86.6 Å². The lowest BCUT2D eigenvalue weighted by Crippen LogP contribution is -2.64. The minimum Gasteiger partial charge on any atom is -0.489 e. The third kappa shape index (κ3) is 14.4. The van der Waals surface area contributed by atoms with Crippen LogP contribution in [0.25, 0.3) is 0 Å². The van der Waals surface area contributed by atoms with Crippen LogP contribution in [-0.2, 0) is 52.9 Å². The number of carbonyl (C=O) groups is 6. The molecule has 4 atom stereocenters. The van der Waals surface area contributed by atoms with Crippen LogP contribution in [0.2, 0.25) is 0 Å². The van der Waals surface area contributed by atoms with Crippen molar-refractivity contribution in [3.8, 4) is 5.75 Å². The van der Waals surface area contributed by atoms with Crippen LogP contribution in [0.5, 0.6) is 5.75 Å². The van der Waals surface area contributed by atoms with E-state index >= 15 is 0 Å². The number of ether oxygens (including phenoxy) is 3. The first kappa shape index (κ1) is 45.8. The number of rotatable bonds is 18. The van der Waals surface area contributed by atoms with Gasteiger partial charge in [-0.2, -0.15) is 0 Å². The Morgan fingerprint density at radius 1 is 0.797 bits per heavy atom. The molecule has 3 aromatic rings. The summed E-state index contributed by atoms with van der Waals surface area (Å²) in [6.45, 7) is 12.6. The Balaban J connectivity index is 1.41. The van der Waals surface area contributed by atoms with E-state index in [9.17, 15) is 28.8 Å². The summed E-state index contributed by atoms with van der Waals surface area (Å²) in [5.74, 6) is -1.92. The third-order valence-corrected chi connectivity index (χ3v) is 9.53. The molecule has 0 bridgehead atoms. The Morgan fingerprint density at radius 2 is 1.42 bits per heavy atom. The number of esters is 1. The van der Waals surface area contributed by atoms with Gasteiger partial charge in [0, 0.05) is 25.9 Å². The fraction of sp³-hybridized carbons (Fsp3) is 0.467. The molecule has 4 rings (SSSR count). The van der Waals surface area contributed by atoms with Crippen molar-refractivity contribution in [3.63, 3.8) is 0 Å². The van der Waals surface area contributed by atoms with Crippen molar-refractivity contribution in [3.05, 3.63) is 102 Å². The molecule has 0 unspecified atom stereocenters. The first-order chi connectivity index (χ1) is 28.0. The smallest absolute Gasteiger partial charge is 0.408 e. The average Bonchev–Trinajstić information content (AvgIpc) is 3.19. The van der Waals surface area contributed by atoms with Gasteiger partial charge < -0.3 is 40.0 Å². The van der Waals surface area contributed by atoms with Gasteiger partial charge >= 0.3 is 12.1 Å². The van der Waals surface area contributed by atoms with E-state index in [0.29, 0.717) is 24.3 Å². The number of nitrogens with one attached hydrogen (secondary N) is 3. The SMILES string of the molecule is CCOC(=O)[C@@H](CC(C)C)N1CCN(C(=O)CNC(=O)[C@@H](C)NC(=O)[C@H](Cc2ccc(OCc3ccccc3)cc2)NC(=O)OC(C)(C)C)[C@@H](Cc2ccccc2)C1=O. The van der Waals surface area contributed by atoms with Crippen LogP contribution >= 0.6 is 0 Å². The normalized spacial score (nSPS) is 15.7. The van der Waals surface area contributed by atoms with E-state index in [1.807, 2.05) is 74.5 Å². The van der Waals surface area contributed by atoms with E-state index in [2.05, 4.69) is 16.0 Å². The number of alkyl carbamates (subject to hydrolysis) is 1. The lowest BCUT2D eigenvalue weighted by Gasteiger charge is -2.43. The number of hydrogen-bond acceptors (Lipinski definition) is 9. The predicted octanol–water partition coefficient (Wildman–Crippen LogP) is 4.58. The summed E-state index contributed by atoms with van der Waals surface area (Å²) in [6.07, 6.45) is -0.121. The summed E-state index contributed by atoms with van der Waals surface area (Å²) in [6, 6.07) is 22.2. The van der Waals surface area contributed by atoms with Gasteiger partial charge in [-0.25, -0.2) is 9.59 Å². The topological polar surface area (TPSA) is 173 Å². The highest BCUT2D eigenvalue weighted by molar-refractivity contribution is 5.95. The van der Waals surface area contributed by atoms with Gasteiger partial charge in [-0.05, 0) is 75.8 Å². The van der Waals surface area contributed by atoms with Crippen molar-refractivity contribution in [1.82, 2.24) is 25.8 Å². The second-order valence-corrected chi connectivity index (χ2v) is 16.0. The zero-order chi connectivity index (χ0) is 43.1. The number of piperazine rings is 1. The van der Waals surface area contributed by atoms with Crippen LogP contribution in [0.4, 0.5) is 4.79 Å². The van der Waals surface area contributed by atoms with Gasteiger partial charge in [0.1, 0.15) is 42.1 Å². The molecule has 0 spiro atoms. The summed E-state index contributed by atoms with van der Waals surface area (Å²) < 4.78 is 16.6. The molecule has 14 heteroatoms. The Labute approximate surface area is 347 Å². The fourth-order valence-electron chi connectivity index (χ4n) is 6.64. The molecule has 5 amide bonds. The fourth-order valence-corrected chi connectivity index (χ4v) is 6.64. The highest BCUT2D eigenvalue weighted by atomic mass is 16.6. The van der Waals surface area contributed by atoms with Crippen LogP contribution in [-0.4, -0.2) is 102 Å². The molecule has 1 fully saturated rings. The summed E-state index contributed by atoms with van der Waals surface area (Å²) in [4.78, 5) is 83.7. The number of carbonyl (C=O) groups excluding carboxylic acids is 6. The van der Waals surface area contributed by atoms with Crippen LogP contribution < -0.4 is 20.7 Å². The third-order valence-electron chi connectivity index (χ3n) is 9.53. The molecule has 1 saturated heterocycles. The summed E-state index contributed by atoms with van der Waals surface area (Å²) >= 11 is 0. The maximum atomic E-state index is 14.1. The van der Waals surface area contributed by atoms with E-state index in [-0.39, 0.29) is 44.4 Å². The van der Waals surface area contributed by atoms with E-state index in [1.54, 1.807) is 52.0 Å². The number of benzene rings is 3. The minimum atomic E-state index is -1.12. The van der Waals surface area contributed by atoms with Crippen molar-refractivity contribution in [2.24, 2.45) is 5.92 Å². The monoisotopic (exact) mass is 813 g/mol. The lowest BCUT2D eigenvalue weighted by atomic mass is 9.97. The highest BCUT2D eigenvalue weighted by Gasteiger charge is 2.42. The first-order valence-electron chi connectivity index (χ1n) is 20.2. The van der Waals surface area contributed by atoms with Crippen molar-refractivity contribution < 1.29 is 43.0 Å². The van der Waals surface area contributed by atoms with E-state index in [0.717, 1.165) is 11.1 Å². The molecule has 0 aromatic heterocycles. The van der Waals surface area contributed by atoms with Crippen molar-refractivity contribution in [1.29, 1.82) is 0 Å². The van der Waals surface area contributed by atoms with Crippen LogP contribution in [0, 0.1) is 5.92 Å². The molecule has 14 nitrogen and oxygen atoms in total. The van der Waals surface area contributed by atoms with Gasteiger partial charge in [0.25, 0.3) is 0 Å². The Bertz CT molecular complexity index is 1870. The molecular formula is C45H59N5O9. The van der Waals surface area contributed by atoms with Crippen molar-refractivity contribution in [2.45, 2.75) is 104 Å². The van der Waals surface area contributed by atoms with Gasteiger partial charge in [0.05, 0.1) is 13.2 Å². The van der Waals surface area contributed by atoms with Gasteiger partial charge in [-0.15, -0.1) is 0 Å². The zero-order valence-corrected chi connectivity index (χ0v) is 35.2. The maximum absolute atomic E-state index is 14.1. The number of amides is 5. The molecule has 3 N–H and O–H groups in total. The summed E-state index contributed by atoms with van der Waals surface area (Å²) in [5.41, 5.74) is 1.73. The first-order valence-corrected chi connectivity index (χ1v) is 20.2. The predicted molar refractivity (Wildman–Crippen MR) is 222 cm³/mol. The maximum Gasteiger partial charge on any atom is 0.408 e. The quantitative estimate of drug-likeness (QED) is 0.156. The molecular weight excluding hydrogens is 755 g/mol. The molecule has 0 aliphatic carbocycles. The van der Waals surface area contributed by atoms with Crippen LogP contribution in [0.15, 0.2) is 84.9 Å². The molecule has 1 heterocycles. The average molecular weight is 814 g/mol. The molecule has 0 saturated carbocycles. The molecule has 318 valence electrons. The number of hydrogen-bond donors (Lipinski definition) is 3. The van der Waals surface area contributed by atoms with Gasteiger partial charge in [0.15, 0.2) is 0 Å². The molecule has 3 aromatic carbocycles. The summed E-state index contributed by atoms with van der Waals surface area (Å²) in [5, 5.41) is 7.87. The van der Waals surface area contributed by atoms with Crippen molar-refractivity contribution >= 4 is 35.7 Å². The molecule has 59 heavy (non-hydrogen) atoms. The molecule has 0 radical (unpaired) electrons. The lowest BCUT2D eigenvalue weighted by molar-refractivity contribution is -0.163. The Morgan fingerprint density at radius 3 is 2.02 bits per heavy atom. The second kappa shape index (κ2) is 21.7. The Hall–Kier alpha value is -5.92. The second-order valence-electron chi connectivity index (χ2n) is 16.0. The van der Waals surface area contributed by atoms with Crippen LogP contribution in [0.3, 0.4) is 0 Å².